The van der Waals surface area contributed by atoms with Gasteiger partial charge in [-0.25, -0.2) is 9.78 Å². The van der Waals surface area contributed by atoms with Crippen LogP contribution >= 0.6 is 22.6 Å². The molecule has 6 heteroatoms. The van der Waals surface area contributed by atoms with Crippen LogP contribution in [0.2, 0.25) is 0 Å². The van der Waals surface area contributed by atoms with E-state index < -0.39 is 11.6 Å². The maximum atomic E-state index is 11.1. The summed E-state index contributed by atoms with van der Waals surface area (Å²) in [6.07, 6.45) is 0.760. The number of rotatable bonds is 4. The molecule has 0 unspecified atom stereocenters. The molecule has 0 aliphatic heterocycles. The number of pyridine rings is 1. The molecule has 0 spiro atoms. The first kappa shape index (κ1) is 15.0. The lowest BCUT2D eigenvalue weighted by Gasteiger charge is -2.32. The summed E-state index contributed by atoms with van der Waals surface area (Å²) in [6.45, 7) is 6.16. The molecule has 0 aliphatic carbocycles. The molecule has 0 aromatic carbocycles. The average molecular weight is 364 g/mol. The van der Waals surface area contributed by atoms with Gasteiger partial charge in [-0.2, -0.15) is 0 Å². The molecule has 1 amide bonds. The van der Waals surface area contributed by atoms with E-state index in [1.165, 1.54) is 4.90 Å². The van der Waals surface area contributed by atoms with Crippen LogP contribution in [-0.2, 0) is 0 Å². The van der Waals surface area contributed by atoms with Crippen molar-refractivity contribution >= 4 is 28.7 Å². The third-order valence-corrected chi connectivity index (χ3v) is 2.94. The lowest BCUT2D eigenvalue weighted by atomic mass is 10.1. The first-order chi connectivity index (χ1) is 8.30. The van der Waals surface area contributed by atoms with Crippen LogP contribution in [0.5, 0.6) is 5.88 Å². The van der Waals surface area contributed by atoms with Crippen LogP contribution in [0.25, 0.3) is 0 Å². The van der Waals surface area contributed by atoms with E-state index in [1.54, 1.807) is 12.3 Å². The van der Waals surface area contributed by atoms with Gasteiger partial charge < -0.3 is 14.7 Å². The SMILES string of the molecule is CC(C)(C)N(CCOc1ccc(I)cn1)C(=O)O. The van der Waals surface area contributed by atoms with Gasteiger partial charge in [0.25, 0.3) is 0 Å². The second-order valence-corrected chi connectivity index (χ2v) is 6.01. The maximum Gasteiger partial charge on any atom is 0.407 e. The van der Waals surface area contributed by atoms with Crippen molar-refractivity contribution in [2.45, 2.75) is 26.3 Å². The Labute approximate surface area is 120 Å². The Balaban J connectivity index is 2.49. The molecule has 100 valence electrons. The minimum atomic E-state index is -0.943. The van der Waals surface area contributed by atoms with Crippen LogP contribution in [0.3, 0.4) is 0 Å². The average Bonchev–Trinajstić information content (AvgIpc) is 2.24. The van der Waals surface area contributed by atoms with Crippen molar-refractivity contribution in [1.82, 2.24) is 9.88 Å². The zero-order chi connectivity index (χ0) is 13.8. The predicted octanol–water partition coefficient (Wildman–Crippen LogP) is 2.84. The highest BCUT2D eigenvalue weighted by molar-refractivity contribution is 14.1. The fourth-order valence-corrected chi connectivity index (χ4v) is 1.73. The summed E-state index contributed by atoms with van der Waals surface area (Å²) >= 11 is 2.16. The van der Waals surface area contributed by atoms with Crippen molar-refractivity contribution in [1.29, 1.82) is 0 Å². The molecule has 0 atom stereocenters. The number of carbonyl (C=O) groups is 1. The summed E-state index contributed by atoms with van der Waals surface area (Å²) in [4.78, 5) is 16.5. The first-order valence-corrected chi connectivity index (χ1v) is 6.63. The quantitative estimate of drug-likeness (QED) is 0.835. The van der Waals surface area contributed by atoms with Crippen LogP contribution in [-0.4, -0.2) is 39.8 Å². The molecule has 0 fully saturated rings. The van der Waals surface area contributed by atoms with Gasteiger partial charge in [0.15, 0.2) is 0 Å². The second kappa shape index (κ2) is 6.21. The maximum absolute atomic E-state index is 11.1. The van der Waals surface area contributed by atoms with Crippen molar-refractivity contribution < 1.29 is 14.6 Å². The molecule has 0 bridgehead atoms. The van der Waals surface area contributed by atoms with E-state index >= 15 is 0 Å². The summed E-state index contributed by atoms with van der Waals surface area (Å²) in [5.41, 5.74) is -0.436. The van der Waals surface area contributed by atoms with Crippen LogP contribution in [0, 0.1) is 3.57 Å². The molecule has 0 radical (unpaired) electrons. The Hall–Kier alpha value is -1.05. The van der Waals surface area contributed by atoms with Gasteiger partial charge in [-0.15, -0.1) is 0 Å². The third-order valence-electron chi connectivity index (χ3n) is 2.31. The van der Waals surface area contributed by atoms with E-state index in [0.717, 1.165) is 3.57 Å². The number of hydrogen-bond donors (Lipinski definition) is 1. The number of aromatic nitrogens is 1. The third kappa shape index (κ3) is 4.67. The van der Waals surface area contributed by atoms with Crippen LogP contribution < -0.4 is 4.74 Å². The van der Waals surface area contributed by atoms with Crippen molar-refractivity contribution in [2.24, 2.45) is 0 Å². The first-order valence-electron chi connectivity index (χ1n) is 5.55. The molecule has 1 heterocycles. The van der Waals surface area contributed by atoms with Crippen LogP contribution in [0.15, 0.2) is 18.3 Å². The number of hydrogen-bond acceptors (Lipinski definition) is 3. The highest BCUT2D eigenvalue weighted by Crippen LogP contribution is 2.14. The van der Waals surface area contributed by atoms with Crippen molar-refractivity contribution in [3.63, 3.8) is 0 Å². The summed E-state index contributed by atoms with van der Waals surface area (Å²) < 4.78 is 6.45. The summed E-state index contributed by atoms with van der Waals surface area (Å²) in [5.74, 6) is 0.509. The molecule has 0 aliphatic rings. The zero-order valence-electron chi connectivity index (χ0n) is 10.7. The van der Waals surface area contributed by atoms with E-state index in [9.17, 15) is 4.79 Å². The molecule has 18 heavy (non-hydrogen) atoms. The lowest BCUT2D eigenvalue weighted by Crippen LogP contribution is -2.46. The molecule has 0 saturated heterocycles. The van der Waals surface area contributed by atoms with Crippen molar-refractivity contribution in [3.05, 3.63) is 21.9 Å². The van der Waals surface area contributed by atoms with E-state index in [2.05, 4.69) is 27.6 Å². The monoisotopic (exact) mass is 364 g/mol. The summed E-state index contributed by atoms with van der Waals surface area (Å²) in [7, 11) is 0. The number of ether oxygens (including phenoxy) is 1. The molecular formula is C12H17IN2O3. The lowest BCUT2D eigenvalue weighted by molar-refractivity contribution is 0.0886. The Bertz CT molecular complexity index is 401. The molecule has 1 N–H and O–H groups in total. The van der Waals surface area contributed by atoms with E-state index in [0.29, 0.717) is 12.4 Å². The highest BCUT2D eigenvalue weighted by atomic mass is 127. The molecular weight excluding hydrogens is 347 g/mol. The van der Waals surface area contributed by atoms with Crippen molar-refractivity contribution in [3.8, 4) is 5.88 Å². The second-order valence-electron chi connectivity index (χ2n) is 4.77. The Kier molecular flexibility index (Phi) is 5.18. The minimum Gasteiger partial charge on any atom is -0.476 e. The molecule has 1 rings (SSSR count). The number of halogens is 1. The Morgan fingerprint density at radius 2 is 2.17 bits per heavy atom. The van der Waals surface area contributed by atoms with E-state index in [1.807, 2.05) is 26.8 Å². The predicted molar refractivity (Wildman–Crippen MR) is 76.9 cm³/mol. The number of carboxylic acid groups (broad SMARTS) is 1. The molecule has 5 nitrogen and oxygen atoms in total. The minimum absolute atomic E-state index is 0.289. The molecule has 1 aromatic heterocycles. The van der Waals surface area contributed by atoms with Gasteiger partial charge in [0.1, 0.15) is 6.61 Å². The Morgan fingerprint density at radius 1 is 1.50 bits per heavy atom. The van der Waals surface area contributed by atoms with E-state index in [-0.39, 0.29) is 6.61 Å². The van der Waals surface area contributed by atoms with Gasteiger partial charge >= 0.3 is 6.09 Å². The fraction of sp³-hybridized carbons (Fsp3) is 0.500. The molecule has 1 aromatic rings. The fourth-order valence-electron chi connectivity index (χ4n) is 1.41. The molecule has 0 saturated carbocycles. The van der Waals surface area contributed by atoms with Crippen LogP contribution in [0.1, 0.15) is 20.8 Å². The number of nitrogens with zero attached hydrogens (tertiary/aromatic N) is 2. The highest BCUT2D eigenvalue weighted by Gasteiger charge is 2.25. The summed E-state index contributed by atoms with van der Waals surface area (Å²) in [5, 5.41) is 9.10. The van der Waals surface area contributed by atoms with Gasteiger partial charge in [0.2, 0.25) is 5.88 Å². The van der Waals surface area contributed by atoms with Crippen molar-refractivity contribution in [2.75, 3.05) is 13.2 Å². The van der Waals surface area contributed by atoms with Gasteiger partial charge in [0.05, 0.1) is 6.54 Å². The van der Waals surface area contributed by atoms with Gasteiger partial charge in [-0.3, -0.25) is 0 Å². The standard InChI is InChI=1S/C12H17IN2O3/c1-12(2,3)15(11(16)17)6-7-18-10-5-4-9(13)8-14-10/h4-5,8H,6-7H2,1-3H3,(H,16,17). The zero-order valence-corrected chi connectivity index (χ0v) is 12.8. The number of amides is 1. The van der Waals surface area contributed by atoms with E-state index in [4.69, 9.17) is 9.84 Å². The topological polar surface area (TPSA) is 62.7 Å². The smallest absolute Gasteiger partial charge is 0.407 e. The largest absolute Gasteiger partial charge is 0.476 e. The van der Waals surface area contributed by atoms with Gasteiger partial charge in [-0.05, 0) is 49.4 Å². The van der Waals surface area contributed by atoms with Gasteiger partial charge in [0, 0.05) is 21.4 Å². The normalized spacial score (nSPS) is 11.1. The van der Waals surface area contributed by atoms with Crippen LogP contribution in [0.4, 0.5) is 4.79 Å². The van der Waals surface area contributed by atoms with Gasteiger partial charge in [-0.1, -0.05) is 0 Å². The summed E-state index contributed by atoms with van der Waals surface area (Å²) in [6, 6.07) is 3.66. The Morgan fingerprint density at radius 3 is 2.61 bits per heavy atom.